The summed E-state index contributed by atoms with van der Waals surface area (Å²) in [4.78, 5) is 31.3. The van der Waals surface area contributed by atoms with Crippen molar-refractivity contribution >= 4 is 34.5 Å². The molecule has 0 aliphatic carbocycles. The van der Waals surface area contributed by atoms with Gasteiger partial charge in [-0.1, -0.05) is 30.0 Å². The van der Waals surface area contributed by atoms with Gasteiger partial charge in [0.05, 0.1) is 22.8 Å². The van der Waals surface area contributed by atoms with Crippen molar-refractivity contribution in [3.63, 3.8) is 0 Å². The van der Waals surface area contributed by atoms with Gasteiger partial charge in [-0.3, -0.25) is 9.59 Å². The summed E-state index contributed by atoms with van der Waals surface area (Å²) in [6.45, 7) is 2.13. The summed E-state index contributed by atoms with van der Waals surface area (Å²) in [5.74, 6) is 0.0884. The molecule has 0 unspecified atom stereocenters. The van der Waals surface area contributed by atoms with Crippen LogP contribution >= 0.6 is 11.8 Å². The van der Waals surface area contributed by atoms with E-state index >= 15 is 0 Å². The summed E-state index contributed by atoms with van der Waals surface area (Å²) in [5.41, 5.74) is 2.07. The van der Waals surface area contributed by atoms with E-state index in [1.165, 1.54) is 21.6 Å². The van der Waals surface area contributed by atoms with Crippen LogP contribution in [0.5, 0.6) is 0 Å². The number of pyridine rings is 1. The highest BCUT2D eigenvalue weighted by Crippen LogP contribution is 2.23. The number of aryl methyl sites for hydroxylation is 1. The number of carbonyl (C=O) groups excluding carboxylic acids is 2. The SMILES string of the molecule is Cc1cc(SCC(=O)N(C)CC(=O)N(C)C)nc2ccccc12. The number of rotatable bonds is 5. The molecule has 6 heteroatoms. The Morgan fingerprint density at radius 2 is 1.83 bits per heavy atom. The summed E-state index contributed by atoms with van der Waals surface area (Å²) in [6.07, 6.45) is 0. The smallest absolute Gasteiger partial charge is 0.241 e. The van der Waals surface area contributed by atoms with Gasteiger partial charge in [-0.25, -0.2) is 4.98 Å². The van der Waals surface area contributed by atoms with Crippen molar-refractivity contribution in [2.45, 2.75) is 11.9 Å². The summed E-state index contributed by atoms with van der Waals surface area (Å²) >= 11 is 1.39. The summed E-state index contributed by atoms with van der Waals surface area (Å²) in [6, 6.07) is 9.94. The molecule has 0 atom stereocenters. The van der Waals surface area contributed by atoms with Crippen LogP contribution in [0.3, 0.4) is 0 Å². The van der Waals surface area contributed by atoms with E-state index in [0.29, 0.717) is 0 Å². The third-order valence-electron chi connectivity index (χ3n) is 3.54. The van der Waals surface area contributed by atoms with Crippen LogP contribution in [-0.4, -0.2) is 60.0 Å². The van der Waals surface area contributed by atoms with Crippen molar-refractivity contribution < 1.29 is 9.59 Å². The van der Waals surface area contributed by atoms with Crippen LogP contribution in [0.15, 0.2) is 35.4 Å². The minimum atomic E-state index is -0.0921. The van der Waals surface area contributed by atoms with E-state index in [4.69, 9.17) is 0 Å². The van der Waals surface area contributed by atoms with Crippen molar-refractivity contribution in [2.24, 2.45) is 0 Å². The molecule has 0 spiro atoms. The first-order chi connectivity index (χ1) is 10.9. The average Bonchev–Trinajstić information content (AvgIpc) is 2.52. The predicted molar refractivity (Wildman–Crippen MR) is 93.5 cm³/mol. The Morgan fingerprint density at radius 1 is 1.13 bits per heavy atom. The molecule has 0 N–H and O–H groups in total. The van der Waals surface area contributed by atoms with Gasteiger partial charge in [0, 0.05) is 26.5 Å². The standard InChI is InChI=1S/C17H21N3O2S/c1-12-9-15(18-14-8-6-5-7-13(12)14)23-11-17(22)20(4)10-16(21)19(2)3/h5-9H,10-11H2,1-4H3. The fourth-order valence-electron chi connectivity index (χ4n) is 2.07. The highest BCUT2D eigenvalue weighted by molar-refractivity contribution is 7.99. The molecule has 2 rings (SSSR count). The molecule has 1 aromatic heterocycles. The Hall–Kier alpha value is -2.08. The maximum absolute atomic E-state index is 12.1. The number of para-hydroxylation sites is 1. The fourth-order valence-corrected chi connectivity index (χ4v) is 2.99. The lowest BCUT2D eigenvalue weighted by Gasteiger charge is -2.19. The van der Waals surface area contributed by atoms with E-state index in [2.05, 4.69) is 4.98 Å². The van der Waals surface area contributed by atoms with Crippen LogP contribution in [0.1, 0.15) is 5.56 Å². The molecular formula is C17H21N3O2S. The van der Waals surface area contributed by atoms with Crippen molar-refractivity contribution in [1.82, 2.24) is 14.8 Å². The minimum Gasteiger partial charge on any atom is -0.347 e. The second-order valence-corrected chi connectivity index (χ2v) is 6.62. The number of thioether (sulfide) groups is 1. The second-order valence-electron chi connectivity index (χ2n) is 5.62. The van der Waals surface area contributed by atoms with Crippen LogP contribution in [-0.2, 0) is 9.59 Å². The summed E-state index contributed by atoms with van der Waals surface area (Å²) < 4.78 is 0. The lowest BCUT2D eigenvalue weighted by atomic mass is 10.1. The van der Waals surface area contributed by atoms with E-state index in [1.807, 2.05) is 37.3 Å². The van der Waals surface area contributed by atoms with Crippen LogP contribution < -0.4 is 0 Å². The van der Waals surface area contributed by atoms with E-state index < -0.39 is 0 Å². The Bertz CT molecular complexity index is 731. The highest BCUT2D eigenvalue weighted by Gasteiger charge is 2.15. The Kier molecular flexibility index (Phi) is 5.60. The van der Waals surface area contributed by atoms with Crippen LogP contribution in [0.2, 0.25) is 0 Å². The monoisotopic (exact) mass is 331 g/mol. The first-order valence-corrected chi connectivity index (χ1v) is 8.30. The van der Waals surface area contributed by atoms with Gasteiger partial charge < -0.3 is 9.80 Å². The van der Waals surface area contributed by atoms with Crippen molar-refractivity contribution in [3.8, 4) is 0 Å². The molecule has 0 aliphatic rings. The molecule has 1 aromatic carbocycles. The van der Waals surface area contributed by atoms with Crippen molar-refractivity contribution in [3.05, 3.63) is 35.9 Å². The zero-order chi connectivity index (χ0) is 17.0. The number of hydrogen-bond donors (Lipinski definition) is 0. The molecule has 0 fully saturated rings. The zero-order valence-corrected chi connectivity index (χ0v) is 14.7. The van der Waals surface area contributed by atoms with Gasteiger partial charge in [0.2, 0.25) is 11.8 Å². The molecule has 0 saturated heterocycles. The molecule has 0 radical (unpaired) electrons. The zero-order valence-electron chi connectivity index (χ0n) is 13.9. The molecule has 0 saturated carbocycles. The minimum absolute atomic E-state index is 0.0854. The summed E-state index contributed by atoms with van der Waals surface area (Å²) in [5, 5.41) is 1.94. The van der Waals surface area contributed by atoms with Gasteiger partial charge in [-0.15, -0.1) is 0 Å². The van der Waals surface area contributed by atoms with Crippen LogP contribution in [0.4, 0.5) is 0 Å². The number of fused-ring (bicyclic) bond motifs is 1. The van der Waals surface area contributed by atoms with Gasteiger partial charge in [-0.2, -0.15) is 0 Å². The third-order valence-corrected chi connectivity index (χ3v) is 4.44. The number of amides is 2. The largest absolute Gasteiger partial charge is 0.347 e. The van der Waals surface area contributed by atoms with Gasteiger partial charge in [0.15, 0.2) is 0 Å². The maximum Gasteiger partial charge on any atom is 0.241 e. The normalized spacial score (nSPS) is 10.6. The van der Waals surface area contributed by atoms with Gasteiger partial charge in [0.25, 0.3) is 0 Å². The fraction of sp³-hybridized carbons (Fsp3) is 0.353. The topological polar surface area (TPSA) is 53.5 Å². The summed E-state index contributed by atoms with van der Waals surface area (Å²) in [7, 11) is 5.00. The lowest BCUT2D eigenvalue weighted by Crippen LogP contribution is -2.38. The Labute approximate surface area is 140 Å². The van der Waals surface area contributed by atoms with Gasteiger partial charge in [-0.05, 0) is 24.6 Å². The Balaban J connectivity index is 2.00. The average molecular weight is 331 g/mol. The maximum atomic E-state index is 12.1. The number of carbonyl (C=O) groups is 2. The molecule has 0 bridgehead atoms. The number of hydrogen-bond acceptors (Lipinski definition) is 4. The first-order valence-electron chi connectivity index (χ1n) is 7.32. The van der Waals surface area contributed by atoms with Crippen molar-refractivity contribution in [2.75, 3.05) is 33.4 Å². The van der Waals surface area contributed by atoms with Crippen LogP contribution in [0, 0.1) is 6.92 Å². The molecule has 5 nitrogen and oxygen atoms in total. The van der Waals surface area contributed by atoms with Crippen LogP contribution in [0.25, 0.3) is 10.9 Å². The second kappa shape index (κ2) is 7.46. The number of aromatic nitrogens is 1. The van der Waals surface area contributed by atoms with E-state index in [0.717, 1.165) is 21.5 Å². The molecule has 23 heavy (non-hydrogen) atoms. The number of nitrogens with zero attached hydrogens (tertiary/aromatic N) is 3. The molecule has 122 valence electrons. The number of likely N-dealkylation sites (N-methyl/N-ethyl adjacent to an activating group) is 2. The molecule has 2 aromatic rings. The lowest BCUT2D eigenvalue weighted by molar-refractivity contribution is -0.136. The number of benzene rings is 1. The molecule has 2 amide bonds. The van der Waals surface area contributed by atoms with E-state index in [-0.39, 0.29) is 24.1 Å². The quantitative estimate of drug-likeness (QED) is 0.788. The van der Waals surface area contributed by atoms with Gasteiger partial charge >= 0.3 is 0 Å². The third kappa shape index (κ3) is 4.45. The predicted octanol–water partition coefficient (Wildman–Crippen LogP) is 2.18. The van der Waals surface area contributed by atoms with E-state index in [1.54, 1.807) is 21.1 Å². The van der Waals surface area contributed by atoms with E-state index in [9.17, 15) is 9.59 Å². The molecule has 1 heterocycles. The Morgan fingerprint density at radius 3 is 2.52 bits per heavy atom. The van der Waals surface area contributed by atoms with Gasteiger partial charge in [0.1, 0.15) is 0 Å². The highest BCUT2D eigenvalue weighted by atomic mass is 32.2. The first kappa shape index (κ1) is 17.3. The van der Waals surface area contributed by atoms with Crippen molar-refractivity contribution in [1.29, 1.82) is 0 Å². The molecular weight excluding hydrogens is 310 g/mol. The molecule has 0 aliphatic heterocycles.